The summed E-state index contributed by atoms with van der Waals surface area (Å²) in [6.07, 6.45) is 0.992. The first-order valence-electron chi connectivity index (χ1n) is 8.23. The molecule has 1 atom stereocenters. The van der Waals surface area contributed by atoms with Crippen LogP contribution in [0.15, 0.2) is 18.2 Å². The van der Waals surface area contributed by atoms with E-state index < -0.39 is 23.8 Å². The summed E-state index contributed by atoms with van der Waals surface area (Å²) >= 11 is 0. The van der Waals surface area contributed by atoms with Crippen LogP contribution in [0.25, 0.3) is 0 Å². The number of benzene rings is 1. The topological polar surface area (TPSA) is 107 Å². The summed E-state index contributed by atoms with van der Waals surface area (Å²) in [4.78, 5) is 26.3. The summed E-state index contributed by atoms with van der Waals surface area (Å²) in [7, 11) is 0. The predicted octanol–water partition coefficient (Wildman–Crippen LogP) is 1.31. The number of aromatic hydroxyl groups is 1. The van der Waals surface area contributed by atoms with Crippen molar-refractivity contribution in [2.45, 2.75) is 44.8 Å². The molecule has 1 aromatic carbocycles. The van der Waals surface area contributed by atoms with Gasteiger partial charge in [-0.1, -0.05) is 0 Å². The minimum Gasteiger partial charge on any atom is -0.507 e. The molecular weight excluding hydrogens is 326 g/mol. The van der Waals surface area contributed by atoms with Crippen LogP contribution in [-0.4, -0.2) is 63.0 Å². The molecule has 0 aromatic heterocycles. The molecule has 138 valence electrons. The minimum atomic E-state index is -1.31. The number of likely N-dealkylation sites (tertiary alicyclic amines) is 1. The highest BCUT2D eigenvalue weighted by Crippen LogP contribution is 2.25. The van der Waals surface area contributed by atoms with Gasteiger partial charge in [0.15, 0.2) is 0 Å². The Labute approximate surface area is 146 Å². The number of amides is 1. The number of hydrogen-bond acceptors (Lipinski definition) is 6. The lowest BCUT2D eigenvalue weighted by atomic mass is 9.93. The molecule has 0 radical (unpaired) electrons. The van der Waals surface area contributed by atoms with E-state index in [4.69, 9.17) is 4.74 Å². The van der Waals surface area contributed by atoms with Crippen molar-refractivity contribution >= 4 is 11.9 Å². The van der Waals surface area contributed by atoms with Crippen LogP contribution in [0.5, 0.6) is 5.75 Å². The van der Waals surface area contributed by atoms with Gasteiger partial charge in [-0.15, -0.1) is 0 Å². The number of ether oxygens (including phenoxy) is 1. The molecule has 0 saturated carbocycles. The second-order valence-electron chi connectivity index (χ2n) is 7.45. The number of phenols is 1. The number of piperidine rings is 1. The van der Waals surface area contributed by atoms with E-state index in [-0.39, 0.29) is 29.3 Å². The lowest BCUT2D eigenvalue weighted by Gasteiger charge is -2.38. The number of aliphatic hydroxyl groups excluding tert-OH is 1. The Hall–Kier alpha value is -2.12. The van der Waals surface area contributed by atoms with E-state index >= 15 is 0 Å². The number of β-amino-alcohol motifs (C(OH)–C–C–N with tert-alkyl or cyclic N) is 1. The molecule has 25 heavy (non-hydrogen) atoms. The fourth-order valence-corrected chi connectivity index (χ4v) is 2.76. The molecular formula is C18H25NO6. The first kappa shape index (κ1) is 19.2. The van der Waals surface area contributed by atoms with Crippen LogP contribution in [0.3, 0.4) is 0 Å². The van der Waals surface area contributed by atoms with Gasteiger partial charge in [-0.2, -0.15) is 0 Å². The molecule has 1 fully saturated rings. The van der Waals surface area contributed by atoms with Crippen molar-refractivity contribution in [1.82, 2.24) is 4.90 Å². The van der Waals surface area contributed by atoms with Gasteiger partial charge in [-0.05, 0) is 51.8 Å². The van der Waals surface area contributed by atoms with E-state index in [2.05, 4.69) is 0 Å². The van der Waals surface area contributed by atoms with Crippen LogP contribution >= 0.6 is 0 Å². The molecule has 7 nitrogen and oxygen atoms in total. The molecule has 0 spiro atoms. The molecule has 3 N–H and O–H groups in total. The summed E-state index contributed by atoms with van der Waals surface area (Å²) < 4.78 is 5.24. The number of hydrogen-bond donors (Lipinski definition) is 3. The Morgan fingerprint density at radius 3 is 2.60 bits per heavy atom. The molecule has 1 amide bonds. The van der Waals surface area contributed by atoms with Gasteiger partial charge in [0.1, 0.15) is 22.5 Å². The van der Waals surface area contributed by atoms with Crippen LogP contribution in [-0.2, 0) is 4.74 Å². The van der Waals surface area contributed by atoms with Gasteiger partial charge in [0.25, 0.3) is 5.91 Å². The number of rotatable bonds is 3. The van der Waals surface area contributed by atoms with Gasteiger partial charge < -0.3 is 25.0 Å². The predicted molar refractivity (Wildman–Crippen MR) is 90.4 cm³/mol. The lowest BCUT2D eigenvalue weighted by Crippen LogP contribution is -2.52. The average Bonchev–Trinajstić information content (AvgIpc) is 2.53. The molecule has 0 bridgehead atoms. The van der Waals surface area contributed by atoms with E-state index in [0.717, 1.165) is 0 Å². The average molecular weight is 351 g/mol. The molecule has 2 rings (SSSR count). The molecule has 1 saturated heterocycles. The van der Waals surface area contributed by atoms with Crippen LogP contribution in [0.2, 0.25) is 0 Å². The highest BCUT2D eigenvalue weighted by Gasteiger charge is 2.35. The Morgan fingerprint density at radius 1 is 1.32 bits per heavy atom. The lowest BCUT2D eigenvalue weighted by molar-refractivity contribution is -0.0598. The van der Waals surface area contributed by atoms with Crippen molar-refractivity contribution in [1.29, 1.82) is 0 Å². The first-order valence-corrected chi connectivity index (χ1v) is 8.23. The van der Waals surface area contributed by atoms with Gasteiger partial charge in [0.2, 0.25) is 0 Å². The maximum Gasteiger partial charge on any atom is 0.342 e. The van der Waals surface area contributed by atoms with Gasteiger partial charge in [0.05, 0.1) is 13.2 Å². The van der Waals surface area contributed by atoms with Crippen molar-refractivity contribution < 1.29 is 29.6 Å². The molecule has 7 heteroatoms. The monoisotopic (exact) mass is 351 g/mol. The molecule has 1 aliphatic heterocycles. The number of phenolic OH excluding ortho intramolecular Hbond substituents is 1. The maximum absolute atomic E-state index is 12.7. The Morgan fingerprint density at radius 2 is 2.00 bits per heavy atom. The van der Waals surface area contributed by atoms with Crippen LogP contribution in [0.1, 0.15) is 54.3 Å². The number of aliphatic hydroxyl groups is 2. The third kappa shape index (κ3) is 4.70. The zero-order valence-electron chi connectivity index (χ0n) is 14.8. The van der Waals surface area contributed by atoms with E-state index in [1.165, 1.54) is 23.1 Å². The quantitative estimate of drug-likeness (QED) is 0.709. The van der Waals surface area contributed by atoms with E-state index in [1.54, 1.807) is 20.8 Å². The van der Waals surface area contributed by atoms with Crippen LogP contribution < -0.4 is 0 Å². The van der Waals surface area contributed by atoms with Gasteiger partial charge in [-0.3, -0.25) is 4.79 Å². The Bertz CT molecular complexity index is 666. The molecule has 1 heterocycles. The second kappa shape index (κ2) is 7.01. The number of nitrogens with zero attached hydrogens (tertiary/aromatic N) is 1. The smallest absolute Gasteiger partial charge is 0.342 e. The summed E-state index contributed by atoms with van der Waals surface area (Å²) in [5.41, 5.74) is -1.91. The van der Waals surface area contributed by atoms with Crippen LogP contribution in [0, 0.1) is 0 Å². The van der Waals surface area contributed by atoms with Crippen molar-refractivity contribution in [3.05, 3.63) is 29.3 Å². The maximum atomic E-state index is 12.7. The largest absolute Gasteiger partial charge is 0.507 e. The van der Waals surface area contributed by atoms with E-state index in [9.17, 15) is 24.9 Å². The van der Waals surface area contributed by atoms with Crippen molar-refractivity contribution in [2.24, 2.45) is 0 Å². The number of carbonyl (C=O) groups excluding carboxylic acids is 2. The molecule has 0 aliphatic carbocycles. The van der Waals surface area contributed by atoms with Gasteiger partial charge >= 0.3 is 5.97 Å². The summed E-state index contributed by atoms with van der Waals surface area (Å²) in [5, 5.41) is 29.4. The zero-order valence-corrected chi connectivity index (χ0v) is 14.8. The van der Waals surface area contributed by atoms with Gasteiger partial charge in [-0.25, -0.2) is 4.79 Å². The molecule has 1 unspecified atom stereocenters. The highest BCUT2D eigenvalue weighted by molar-refractivity contribution is 5.99. The number of carbonyl (C=O) groups is 2. The van der Waals surface area contributed by atoms with Crippen LogP contribution in [0.4, 0.5) is 0 Å². The SMILES string of the molecule is CC(C)(C)OC(=O)c1cc(C(=O)N2CCCC(O)(CO)C2)ccc1O. The zero-order chi connectivity index (χ0) is 18.8. The van der Waals surface area contributed by atoms with Gasteiger partial charge in [0, 0.05) is 12.1 Å². The van der Waals surface area contributed by atoms with E-state index in [1.807, 2.05) is 0 Å². The minimum absolute atomic E-state index is 0.0188. The Kier molecular flexibility index (Phi) is 5.39. The molecule has 1 aliphatic rings. The molecule has 1 aromatic rings. The second-order valence-corrected chi connectivity index (χ2v) is 7.45. The summed E-state index contributed by atoms with van der Waals surface area (Å²) in [5.74, 6) is -1.36. The fourth-order valence-electron chi connectivity index (χ4n) is 2.76. The summed E-state index contributed by atoms with van der Waals surface area (Å²) in [6, 6.07) is 3.98. The third-order valence-corrected chi connectivity index (χ3v) is 4.00. The van der Waals surface area contributed by atoms with E-state index in [0.29, 0.717) is 19.4 Å². The normalized spacial score (nSPS) is 21.1. The van der Waals surface area contributed by atoms with Crippen molar-refractivity contribution in [2.75, 3.05) is 19.7 Å². The standard InChI is InChI=1S/C18H25NO6/c1-17(2,3)25-16(23)13-9-12(5-6-14(13)21)15(22)19-8-4-7-18(24,10-19)11-20/h5-6,9,20-21,24H,4,7-8,10-11H2,1-3H3. The third-order valence-electron chi connectivity index (χ3n) is 4.00. The van der Waals surface area contributed by atoms with Crippen molar-refractivity contribution in [3.8, 4) is 5.75 Å². The highest BCUT2D eigenvalue weighted by atomic mass is 16.6. The Balaban J connectivity index is 2.24. The summed E-state index contributed by atoms with van der Waals surface area (Å²) in [6.45, 7) is 5.17. The number of esters is 1. The fraction of sp³-hybridized carbons (Fsp3) is 0.556. The van der Waals surface area contributed by atoms with Crippen molar-refractivity contribution in [3.63, 3.8) is 0 Å². The first-order chi connectivity index (χ1) is 11.5.